The van der Waals surface area contributed by atoms with Crippen LogP contribution in [0.2, 0.25) is 0 Å². The minimum Gasteiger partial charge on any atom is -0.370 e. The highest BCUT2D eigenvalue weighted by Crippen LogP contribution is 2.30. The highest BCUT2D eigenvalue weighted by atomic mass is 19.4. The summed E-state index contributed by atoms with van der Waals surface area (Å²) in [4.78, 5) is 4.43. The smallest absolute Gasteiger partial charge is 0.370 e. The van der Waals surface area contributed by atoms with Crippen LogP contribution in [-0.2, 0) is 6.18 Å². The van der Waals surface area contributed by atoms with Crippen molar-refractivity contribution >= 4 is 5.69 Å². The Morgan fingerprint density at radius 1 is 1.00 bits per heavy atom. The second kappa shape index (κ2) is 6.45. The lowest BCUT2D eigenvalue weighted by Gasteiger charge is -2.23. The molecule has 20 heavy (non-hydrogen) atoms. The maximum absolute atomic E-state index is 12.5. The van der Waals surface area contributed by atoms with E-state index in [0.717, 1.165) is 57.0 Å². The minimum atomic E-state index is -4.27. The number of alkyl halides is 3. The Balaban J connectivity index is 2.01. The summed E-state index contributed by atoms with van der Waals surface area (Å²) in [7, 11) is 0. The van der Waals surface area contributed by atoms with Gasteiger partial charge in [-0.25, -0.2) is 0 Å². The van der Waals surface area contributed by atoms with Crippen LogP contribution in [0.3, 0.4) is 0 Å². The third-order valence-electron chi connectivity index (χ3n) is 3.59. The van der Waals surface area contributed by atoms with Crippen molar-refractivity contribution in [3.8, 4) is 0 Å². The molecule has 2 rings (SSSR count). The van der Waals surface area contributed by atoms with Crippen LogP contribution in [0.1, 0.15) is 12.0 Å². The number of nitrogens with zero attached hydrogens (tertiary/aromatic N) is 2. The van der Waals surface area contributed by atoms with Crippen molar-refractivity contribution < 1.29 is 13.2 Å². The lowest BCUT2D eigenvalue weighted by molar-refractivity contribution is -0.137. The maximum atomic E-state index is 12.5. The summed E-state index contributed by atoms with van der Waals surface area (Å²) in [5.74, 6) is 0. The van der Waals surface area contributed by atoms with Crippen LogP contribution < -0.4 is 10.6 Å². The first-order valence-corrected chi connectivity index (χ1v) is 6.85. The van der Waals surface area contributed by atoms with Crippen molar-refractivity contribution in [2.75, 3.05) is 44.2 Å². The highest BCUT2D eigenvalue weighted by Gasteiger charge is 2.30. The largest absolute Gasteiger partial charge is 0.416 e. The molecular formula is C14H20F3N3. The van der Waals surface area contributed by atoms with Crippen molar-refractivity contribution in [1.29, 1.82) is 0 Å². The normalized spacial score (nSPS) is 18.1. The van der Waals surface area contributed by atoms with Crippen LogP contribution >= 0.6 is 0 Å². The average Bonchev–Trinajstić information content (AvgIpc) is 2.64. The first kappa shape index (κ1) is 15.1. The zero-order valence-corrected chi connectivity index (χ0v) is 11.4. The fourth-order valence-electron chi connectivity index (χ4n) is 2.50. The molecule has 0 amide bonds. The van der Waals surface area contributed by atoms with E-state index in [4.69, 9.17) is 5.73 Å². The fourth-order valence-corrected chi connectivity index (χ4v) is 2.50. The van der Waals surface area contributed by atoms with E-state index in [0.29, 0.717) is 6.54 Å². The number of halogens is 3. The van der Waals surface area contributed by atoms with Crippen LogP contribution in [0.15, 0.2) is 24.3 Å². The highest BCUT2D eigenvalue weighted by molar-refractivity contribution is 5.48. The molecule has 0 atom stereocenters. The van der Waals surface area contributed by atoms with Gasteiger partial charge in [0.1, 0.15) is 0 Å². The van der Waals surface area contributed by atoms with Gasteiger partial charge in [0.25, 0.3) is 0 Å². The summed E-state index contributed by atoms with van der Waals surface area (Å²) < 4.78 is 37.6. The predicted octanol–water partition coefficient (Wildman–Crippen LogP) is 2.18. The summed E-state index contributed by atoms with van der Waals surface area (Å²) >= 11 is 0. The quantitative estimate of drug-likeness (QED) is 0.925. The Kier molecular flexibility index (Phi) is 4.88. The van der Waals surface area contributed by atoms with Gasteiger partial charge in [-0.2, -0.15) is 13.2 Å². The molecule has 0 saturated carbocycles. The van der Waals surface area contributed by atoms with Crippen molar-refractivity contribution in [3.63, 3.8) is 0 Å². The third-order valence-corrected chi connectivity index (χ3v) is 3.59. The molecule has 1 aromatic carbocycles. The SMILES string of the molecule is NCCN1CCCN(c2ccc(C(F)(F)F)cc2)CC1. The van der Waals surface area contributed by atoms with E-state index >= 15 is 0 Å². The Labute approximate surface area is 117 Å². The van der Waals surface area contributed by atoms with E-state index in [1.807, 2.05) is 0 Å². The van der Waals surface area contributed by atoms with E-state index in [2.05, 4.69) is 9.80 Å². The van der Waals surface area contributed by atoms with E-state index in [9.17, 15) is 13.2 Å². The Morgan fingerprint density at radius 2 is 1.70 bits per heavy atom. The number of benzene rings is 1. The molecule has 1 saturated heterocycles. The second-order valence-corrected chi connectivity index (χ2v) is 5.02. The predicted molar refractivity (Wildman–Crippen MR) is 73.8 cm³/mol. The maximum Gasteiger partial charge on any atom is 0.416 e. The van der Waals surface area contributed by atoms with Crippen LogP contribution in [-0.4, -0.2) is 44.2 Å². The number of nitrogens with two attached hydrogens (primary N) is 1. The zero-order valence-electron chi connectivity index (χ0n) is 11.4. The summed E-state index contributed by atoms with van der Waals surface area (Å²) in [5, 5.41) is 0. The van der Waals surface area contributed by atoms with Gasteiger partial charge >= 0.3 is 6.18 Å². The molecule has 1 heterocycles. The molecule has 0 aromatic heterocycles. The monoisotopic (exact) mass is 287 g/mol. The van der Waals surface area contributed by atoms with Crippen molar-refractivity contribution in [2.45, 2.75) is 12.6 Å². The summed E-state index contributed by atoms with van der Waals surface area (Å²) in [6.07, 6.45) is -3.27. The van der Waals surface area contributed by atoms with Gasteiger partial charge < -0.3 is 15.5 Å². The molecule has 1 aromatic rings. The summed E-state index contributed by atoms with van der Waals surface area (Å²) in [6.45, 7) is 5.10. The topological polar surface area (TPSA) is 32.5 Å². The molecule has 0 unspecified atom stereocenters. The van der Waals surface area contributed by atoms with Crippen LogP contribution in [0.4, 0.5) is 18.9 Å². The van der Waals surface area contributed by atoms with Crippen molar-refractivity contribution in [2.24, 2.45) is 5.73 Å². The van der Waals surface area contributed by atoms with Gasteiger partial charge in [0.2, 0.25) is 0 Å². The van der Waals surface area contributed by atoms with Gasteiger partial charge in [-0.05, 0) is 37.2 Å². The first-order chi connectivity index (χ1) is 9.50. The molecule has 0 radical (unpaired) electrons. The fraction of sp³-hybridized carbons (Fsp3) is 0.571. The lowest BCUT2D eigenvalue weighted by Crippen LogP contribution is -2.33. The van der Waals surface area contributed by atoms with Crippen LogP contribution in [0.5, 0.6) is 0 Å². The van der Waals surface area contributed by atoms with Crippen molar-refractivity contribution in [3.05, 3.63) is 29.8 Å². The van der Waals surface area contributed by atoms with E-state index in [1.54, 1.807) is 12.1 Å². The number of hydrogen-bond donors (Lipinski definition) is 1. The van der Waals surface area contributed by atoms with E-state index < -0.39 is 11.7 Å². The van der Waals surface area contributed by atoms with Gasteiger partial charge in [0, 0.05) is 38.4 Å². The molecule has 0 bridgehead atoms. The number of rotatable bonds is 3. The second-order valence-electron chi connectivity index (χ2n) is 5.02. The summed E-state index contributed by atoms with van der Waals surface area (Å²) in [6, 6.07) is 5.42. The molecule has 3 nitrogen and oxygen atoms in total. The molecule has 1 fully saturated rings. The lowest BCUT2D eigenvalue weighted by atomic mass is 10.2. The Bertz CT molecular complexity index is 417. The minimum absolute atomic E-state index is 0.596. The standard InChI is InChI=1S/C14H20F3N3/c15-14(16,17)12-2-4-13(5-3-12)20-8-1-7-19(9-6-18)10-11-20/h2-5H,1,6-11,18H2. The molecule has 0 aliphatic carbocycles. The Morgan fingerprint density at radius 3 is 2.30 bits per heavy atom. The first-order valence-electron chi connectivity index (χ1n) is 6.85. The zero-order chi connectivity index (χ0) is 14.6. The van der Waals surface area contributed by atoms with Gasteiger partial charge in [-0.15, -0.1) is 0 Å². The van der Waals surface area contributed by atoms with Gasteiger partial charge in [0.05, 0.1) is 5.56 Å². The summed E-state index contributed by atoms with van der Waals surface area (Å²) in [5.41, 5.74) is 5.81. The number of anilines is 1. The van der Waals surface area contributed by atoms with E-state index in [-0.39, 0.29) is 0 Å². The molecular weight excluding hydrogens is 267 g/mol. The van der Waals surface area contributed by atoms with Crippen molar-refractivity contribution in [1.82, 2.24) is 4.90 Å². The van der Waals surface area contributed by atoms with Gasteiger partial charge in [-0.3, -0.25) is 0 Å². The third kappa shape index (κ3) is 3.86. The molecule has 112 valence electrons. The molecule has 1 aliphatic heterocycles. The molecule has 1 aliphatic rings. The van der Waals surface area contributed by atoms with E-state index in [1.165, 1.54) is 0 Å². The average molecular weight is 287 g/mol. The Hall–Kier alpha value is -1.27. The van der Waals surface area contributed by atoms with Crippen LogP contribution in [0, 0.1) is 0 Å². The van der Waals surface area contributed by atoms with Gasteiger partial charge in [-0.1, -0.05) is 0 Å². The molecule has 6 heteroatoms. The van der Waals surface area contributed by atoms with Gasteiger partial charge in [0.15, 0.2) is 0 Å². The van der Waals surface area contributed by atoms with Crippen LogP contribution in [0.25, 0.3) is 0 Å². The number of hydrogen-bond acceptors (Lipinski definition) is 3. The molecule has 2 N–H and O–H groups in total. The molecule has 0 spiro atoms.